The Balaban J connectivity index is 2.03. The number of nitrogens with two attached hydrogens (primary N) is 1. The molecule has 0 bridgehead atoms. The second-order valence-electron chi connectivity index (χ2n) is 5.25. The monoisotopic (exact) mass is 401 g/mol. The van der Waals surface area contributed by atoms with Crippen molar-refractivity contribution >= 4 is 11.6 Å². The lowest BCUT2D eigenvalue weighted by atomic mass is 10.1. The Kier molecular flexibility index (Phi) is 6.41. The lowest BCUT2D eigenvalue weighted by Crippen LogP contribution is -2.24. The maximum absolute atomic E-state index is 12.6. The van der Waals surface area contributed by atoms with Crippen LogP contribution in [0.5, 0.6) is 5.75 Å². The first-order chi connectivity index (χ1) is 13.0. The Morgan fingerprint density at radius 2 is 1.75 bits per heavy atom. The minimum absolute atomic E-state index is 0.0630. The summed E-state index contributed by atoms with van der Waals surface area (Å²) >= 11 is 0. The van der Waals surface area contributed by atoms with E-state index in [0.29, 0.717) is 0 Å². The van der Waals surface area contributed by atoms with Crippen molar-refractivity contribution in [3.8, 4) is 17.6 Å². The second kappa shape index (κ2) is 8.56. The molecule has 0 unspecified atom stereocenters. The molecule has 0 spiro atoms. The van der Waals surface area contributed by atoms with Gasteiger partial charge in [-0.05, 0) is 30.3 Å². The van der Waals surface area contributed by atoms with Crippen molar-refractivity contribution in [3.05, 3.63) is 59.7 Å². The van der Waals surface area contributed by atoms with Gasteiger partial charge in [0.25, 0.3) is 0 Å². The summed E-state index contributed by atoms with van der Waals surface area (Å²) in [5, 5.41) is 2.45. The minimum Gasteiger partial charge on any atom is -0.404 e. The standard InChI is InChI=1S/C18H13F6N3O/c19-17(20,21)13-7-3-5-12(11-13)6-4-10-26-16(25)27-14-8-1-2-9-15(14)28-18(22,23)24/h1-3,5,7-9,11H,10H2,(H3,25,26,27). The molecular weight excluding hydrogens is 388 g/mol. The summed E-state index contributed by atoms with van der Waals surface area (Å²) in [6.45, 7) is -0.183. The molecule has 2 aromatic rings. The molecule has 148 valence electrons. The summed E-state index contributed by atoms with van der Waals surface area (Å²) in [4.78, 5) is 3.79. The van der Waals surface area contributed by atoms with Gasteiger partial charge in [-0.3, -0.25) is 0 Å². The van der Waals surface area contributed by atoms with Crippen LogP contribution in [0.25, 0.3) is 0 Å². The van der Waals surface area contributed by atoms with Crippen LogP contribution in [0.2, 0.25) is 0 Å². The maximum atomic E-state index is 12.6. The van der Waals surface area contributed by atoms with Crippen molar-refractivity contribution in [2.24, 2.45) is 10.7 Å². The predicted octanol–water partition coefficient (Wildman–Crippen LogP) is 4.38. The first-order valence-electron chi connectivity index (χ1n) is 7.62. The number of alkyl halides is 6. The molecule has 0 aliphatic heterocycles. The van der Waals surface area contributed by atoms with Crippen molar-refractivity contribution < 1.29 is 31.1 Å². The van der Waals surface area contributed by atoms with E-state index in [-0.39, 0.29) is 23.8 Å². The van der Waals surface area contributed by atoms with Crippen LogP contribution in [0.3, 0.4) is 0 Å². The molecule has 0 amide bonds. The number of nitrogens with zero attached hydrogens (tertiary/aromatic N) is 1. The van der Waals surface area contributed by atoms with E-state index in [4.69, 9.17) is 5.73 Å². The fourth-order valence-electron chi connectivity index (χ4n) is 2.00. The molecule has 2 rings (SSSR count). The van der Waals surface area contributed by atoms with Crippen LogP contribution in [-0.4, -0.2) is 18.9 Å². The number of halogens is 6. The number of nitrogens with one attached hydrogen (secondary N) is 1. The molecule has 10 heteroatoms. The van der Waals surface area contributed by atoms with Gasteiger partial charge in [0.05, 0.1) is 11.3 Å². The average molecular weight is 401 g/mol. The van der Waals surface area contributed by atoms with Crippen LogP contribution in [0, 0.1) is 11.8 Å². The number of aliphatic imine (C=N–C) groups is 1. The van der Waals surface area contributed by atoms with E-state index in [1.807, 2.05) is 0 Å². The average Bonchev–Trinajstić information content (AvgIpc) is 2.59. The highest BCUT2D eigenvalue weighted by molar-refractivity contribution is 5.93. The van der Waals surface area contributed by atoms with Gasteiger partial charge in [0.1, 0.15) is 6.54 Å². The van der Waals surface area contributed by atoms with E-state index in [1.54, 1.807) is 0 Å². The highest BCUT2D eigenvalue weighted by Gasteiger charge is 2.32. The Morgan fingerprint density at radius 3 is 2.43 bits per heavy atom. The molecule has 0 fully saturated rings. The first-order valence-corrected chi connectivity index (χ1v) is 7.62. The summed E-state index contributed by atoms with van der Waals surface area (Å²) in [6, 6.07) is 9.65. The van der Waals surface area contributed by atoms with Crippen molar-refractivity contribution in [2.45, 2.75) is 12.5 Å². The van der Waals surface area contributed by atoms with Crippen molar-refractivity contribution in [1.82, 2.24) is 0 Å². The summed E-state index contributed by atoms with van der Waals surface area (Å²) in [6.07, 6.45) is -9.35. The molecule has 0 aromatic heterocycles. The van der Waals surface area contributed by atoms with Gasteiger partial charge in [-0.15, -0.1) is 13.2 Å². The normalized spacial score (nSPS) is 12.1. The third-order valence-electron chi connectivity index (χ3n) is 3.13. The van der Waals surface area contributed by atoms with Crippen LogP contribution >= 0.6 is 0 Å². The largest absolute Gasteiger partial charge is 0.573 e. The van der Waals surface area contributed by atoms with E-state index >= 15 is 0 Å². The summed E-state index contributed by atoms with van der Waals surface area (Å²) in [7, 11) is 0. The molecule has 0 atom stereocenters. The Hall–Kier alpha value is -3.35. The third-order valence-corrected chi connectivity index (χ3v) is 3.13. The molecule has 0 saturated heterocycles. The number of para-hydroxylation sites is 2. The lowest BCUT2D eigenvalue weighted by Gasteiger charge is -2.13. The topological polar surface area (TPSA) is 59.6 Å². The van der Waals surface area contributed by atoms with E-state index in [1.165, 1.54) is 30.3 Å². The second-order valence-corrected chi connectivity index (χ2v) is 5.25. The van der Waals surface area contributed by atoms with Gasteiger partial charge in [0, 0.05) is 5.56 Å². The molecule has 0 saturated carbocycles. The van der Waals surface area contributed by atoms with Crippen LogP contribution in [-0.2, 0) is 6.18 Å². The van der Waals surface area contributed by atoms with Gasteiger partial charge in [-0.2, -0.15) is 13.2 Å². The van der Waals surface area contributed by atoms with E-state index in [0.717, 1.165) is 18.2 Å². The fourth-order valence-corrected chi connectivity index (χ4v) is 2.00. The third kappa shape index (κ3) is 6.75. The van der Waals surface area contributed by atoms with Crippen LogP contribution in [0.15, 0.2) is 53.5 Å². The predicted molar refractivity (Wildman–Crippen MR) is 91.6 cm³/mol. The number of benzene rings is 2. The summed E-state index contributed by atoms with van der Waals surface area (Å²) < 4.78 is 78.9. The molecule has 0 radical (unpaired) electrons. The van der Waals surface area contributed by atoms with Gasteiger partial charge in [0.15, 0.2) is 11.7 Å². The first kappa shape index (κ1) is 21.0. The van der Waals surface area contributed by atoms with Gasteiger partial charge < -0.3 is 15.8 Å². The van der Waals surface area contributed by atoms with Crippen LogP contribution < -0.4 is 15.8 Å². The molecule has 2 aromatic carbocycles. The Labute approximate surface area is 156 Å². The zero-order valence-electron chi connectivity index (χ0n) is 14.0. The number of anilines is 1. The zero-order chi connectivity index (χ0) is 20.8. The Bertz CT molecular complexity index is 910. The van der Waals surface area contributed by atoms with Crippen molar-refractivity contribution in [1.29, 1.82) is 0 Å². The van der Waals surface area contributed by atoms with Gasteiger partial charge in [-0.25, -0.2) is 4.99 Å². The van der Waals surface area contributed by atoms with E-state index in [9.17, 15) is 26.3 Å². The summed E-state index contributed by atoms with van der Waals surface area (Å²) in [5.74, 6) is 4.28. The summed E-state index contributed by atoms with van der Waals surface area (Å²) in [5.41, 5.74) is 4.83. The van der Waals surface area contributed by atoms with Gasteiger partial charge in [0.2, 0.25) is 0 Å². The van der Waals surface area contributed by atoms with Gasteiger partial charge in [-0.1, -0.05) is 30.0 Å². The van der Waals surface area contributed by atoms with Crippen molar-refractivity contribution in [2.75, 3.05) is 11.9 Å². The number of hydrogen-bond acceptors (Lipinski definition) is 2. The number of hydrogen-bond donors (Lipinski definition) is 2. The van der Waals surface area contributed by atoms with Gasteiger partial charge >= 0.3 is 12.5 Å². The lowest BCUT2D eigenvalue weighted by molar-refractivity contribution is -0.274. The maximum Gasteiger partial charge on any atom is 0.573 e. The quantitative estimate of drug-likeness (QED) is 0.347. The number of rotatable bonds is 3. The molecular formula is C18H13F6N3O. The number of guanidine groups is 1. The molecule has 0 aliphatic rings. The fraction of sp³-hybridized carbons (Fsp3) is 0.167. The molecule has 0 heterocycles. The molecule has 0 aliphatic carbocycles. The Morgan fingerprint density at radius 1 is 1.04 bits per heavy atom. The highest BCUT2D eigenvalue weighted by atomic mass is 19.4. The molecule has 28 heavy (non-hydrogen) atoms. The van der Waals surface area contributed by atoms with Crippen molar-refractivity contribution in [3.63, 3.8) is 0 Å². The van der Waals surface area contributed by atoms with E-state index in [2.05, 4.69) is 26.9 Å². The smallest absolute Gasteiger partial charge is 0.404 e. The van der Waals surface area contributed by atoms with Crippen LogP contribution in [0.1, 0.15) is 11.1 Å². The molecule has 3 N–H and O–H groups in total. The van der Waals surface area contributed by atoms with Crippen LogP contribution in [0.4, 0.5) is 32.0 Å². The number of ether oxygens (including phenoxy) is 1. The SMILES string of the molecule is NC(=NCC#Cc1cccc(C(F)(F)F)c1)Nc1ccccc1OC(F)(F)F. The van der Waals surface area contributed by atoms with E-state index < -0.39 is 23.9 Å². The molecule has 4 nitrogen and oxygen atoms in total. The minimum atomic E-state index is -4.87. The highest BCUT2D eigenvalue weighted by Crippen LogP contribution is 2.30. The zero-order valence-corrected chi connectivity index (χ0v) is 14.0.